The van der Waals surface area contributed by atoms with Crippen molar-refractivity contribution in [1.82, 2.24) is 20.0 Å². The Kier molecular flexibility index (Phi) is 7.58. The minimum Gasteiger partial charge on any atom is -0.496 e. The molecule has 1 amide bonds. The van der Waals surface area contributed by atoms with Crippen LogP contribution in [0.15, 0.2) is 85.1 Å². The molecule has 1 aliphatic heterocycles. The third-order valence-electron chi connectivity index (χ3n) is 7.69. The summed E-state index contributed by atoms with van der Waals surface area (Å²) in [5.74, 6) is 0.839. The summed E-state index contributed by atoms with van der Waals surface area (Å²) in [4.78, 5) is 16.4. The highest BCUT2D eigenvalue weighted by atomic mass is 16.5. The van der Waals surface area contributed by atoms with Crippen molar-refractivity contribution < 1.29 is 9.53 Å². The lowest BCUT2D eigenvalue weighted by Gasteiger charge is -2.32. The Bertz CT molecular complexity index is 1420. The zero-order valence-corrected chi connectivity index (χ0v) is 23.5. The van der Waals surface area contributed by atoms with Crippen molar-refractivity contribution in [2.24, 2.45) is 7.05 Å². The number of aromatic nitrogens is 2. The molecule has 0 aliphatic carbocycles. The van der Waals surface area contributed by atoms with Crippen LogP contribution in [0.4, 0.5) is 0 Å². The van der Waals surface area contributed by atoms with Gasteiger partial charge in [-0.2, -0.15) is 5.10 Å². The second kappa shape index (κ2) is 11.1. The molecular formula is C33H38N4O2. The third kappa shape index (κ3) is 5.48. The van der Waals surface area contributed by atoms with Gasteiger partial charge in [-0.3, -0.25) is 14.8 Å². The number of hydrogen-bond donors (Lipinski definition) is 1. The van der Waals surface area contributed by atoms with Crippen molar-refractivity contribution in [2.45, 2.75) is 57.8 Å². The normalized spacial score (nSPS) is 17.4. The number of carbonyl (C=O) groups is 1. The van der Waals surface area contributed by atoms with Crippen LogP contribution in [0.25, 0.3) is 11.3 Å². The van der Waals surface area contributed by atoms with Gasteiger partial charge in [-0.25, -0.2) is 0 Å². The molecule has 1 aromatic heterocycles. The zero-order chi connectivity index (χ0) is 27.6. The van der Waals surface area contributed by atoms with Crippen LogP contribution in [0.2, 0.25) is 0 Å². The molecule has 202 valence electrons. The summed E-state index contributed by atoms with van der Waals surface area (Å²) >= 11 is 0. The molecule has 0 radical (unpaired) electrons. The fourth-order valence-corrected chi connectivity index (χ4v) is 5.58. The van der Waals surface area contributed by atoms with Gasteiger partial charge >= 0.3 is 0 Å². The highest BCUT2D eigenvalue weighted by Crippen LogP contribution is 2.38. The van der Waals surface area contributed by atoms with Gasteiger partial charge in [0.1, 0.15) is 5.75 Å². The minimum atomic E-state index is -0.130. The number of hydrogen-bond acceptors (Lipinski definition) is 4. The minimum absolute atomic E-state index is 0.0128. The number of methoxy groups -OCH3 is 1. The molecule has 1 saturated heterocycles. The lowest BCUT2D eigenvalue weighted by atomic mass is 9.86. The van der Waals surface area contributed by atoms with Crippen LogP contribution in [0, 0.1) is 0 Å². The summed E-state index contributed by atoms with van der Waals surface area (Å²) in [6, 6.07) is 26.7. The van der Waals surface area contributed by atoms with Crippen molar-refractivity contribution in [1.29, 1.82) is 0 Å². The molecule has 4 aromatic rings. The molecule has 6 heteroatoms. The Balaban J connectivity index is 1.48. The van der Waals surface area contributed by atoms with Gasteiger partial charge in [0.15, 0.2) is 0 Å². The van der Waals surface area contributed by atoms with E-state index in [-0.39, 0.29) is 23.5 Å². The van der Waals surface area contributed by atoms with Crippen LogP contribution in [0.5, 0.6) is 5.75 Å². The SMILES string of the molecule is COc1ccc(C(C)(C)C)cc1CNC1CCC(c2ccccc2)N1C(=O)c1cnn(C)c1-c1ccccc1. The summed E-state index contributed by atoms with van der Waals surface area (Å²) in [5, 5.41) is 8.21. The van der Waals surface area contributed by atoms with Gasteiger partial charge in [-0.1, -0.05) is 93.6 Å². The number of amides is 1. The first kappa shape index (κ1) is 26.7. The fourth-order valence-electron chi connectivity index (χ4n) is 5.58. The van der Waals surface area contributed by atoms with Crippen LogP contribution in [-0.2, 0) is 19.0 Å². The smallest absolute Gasteiger partial charge is 0.259 e. The van der Waals surface area contributed by atoms with E-state index in [2.05, 4.69) is 55.5 Å². The van der Waals surface area contributed by atoms with Crippen LogP contribution < -0.4 is 10.1 Å². The quantitative estimate of drug-likeness (QED) is 0.302. The number of rotatable bonds is 7. The highest BCUT2D eigenvalue weighted by molar-refractivity contribution is 6.00. The number of nitrogens with zero attached hydrogens (tertiary/aromatic N) is 3. The van der Waals surface area contributed by atoms with Gasteiger partial charge in [-0.15, -0.1) is 0 Å². The number of likely N-dealkylation sites (tertiary alicyclic amines) is 1. The summed E-state index contributed by atoms with van der Waals surface area (Å²) in [5.41, 5.74) is 5.94. The summed E-state index contributed by atoms with van der Waals surface area (Å²) < 4.78 is 7.49. The van der Waals surface area contributed by atoms with Crippen LogP contribution in [-0.4, -0.2) is 33.9 Å². The predicted molar refractivity (Wildman–Crippen MR) is 156 cm³/mol. The lowest BCUT2D eigenvalue weighted by Crippen LogP contribution is -2.45. The molecule has 2 atom stereocenters. The summed E-state index contributed by atoms with van der Waals surface area (Å²) in [7, 11) is 3.60. The topological polar surface area (TPSA) is 59.4 Å². The second-order valence-corrected chi connectivity index (χ2v) is 11.3. The van der Waals surface area contributed by atoms with Crippen molar-refractivity contribution in [3.05, 3.63) is 107 Å². The van der Waals surface area contributed by atoms with Gasteiger partial charge in [0, 0.05) is 24.7 Å². The number of carbonyl (C=O) groups excluding carboxylic acids is 1. The van der Waals surface area contributed by atoms with E-state index >= 15 is 0 Å². The second-order valence-electron chi connectivity index (χ2n) is 11.3. The van der Waals surface area contributed by atoms with Crippen LogP contribution >= 0.6 is 0 Å². The third-order valence-corrected chi connectivity index (χ3v) is 7.69. The van der Waals surface area contributed by atoms with Crippen molar-refractivity contribution in [3.8, 4) is 17.0 Å². The van der Waals surface area contributed by atoms with Gasteiger partial charge in [0.05, 0.1) is 36.8 Å². The first-order chi connectivity index (χ1) is 18.8. The molecule has 1 N–H and O–H groups in total. The molecule has 3 aromatic carbocycles. The Morgan fingerprint density at radius 1 is 1.00 bits per heavy atom. The van der Waals surface area contributed by atoms with Gasteiger partial charge in [0.25, 0.3) is 5.91 Å². The van der Waals surface area contributed by atoms with Crippen molar-refractivity contribution in [3.63, 3.8) is 0 Å². The van der Waals surface area contributed by atoms with E-state index in [0.717, 1.165) is 41.0 Å². The summed E-state index contributed by atoms with van der Waals surface area (Å²) in [6.07, 6.45) is 3.31. The maximum Gasteiger partial charge on any atom is 0.259 e. The molecular weight excluding hydrogens is 484 g/mol. The van der Waals surface area contributed by atoms with Gasteiger partial charge in [-0.05, 0) is 35.4 Å². The number of aryl methyl sites for hydroxylation is 1. The molecule has 0 bridgehead atoms. The predicted octanol–water partition coefficient (Wildman–Crippen LogP) is 6.49. The van der Waals surface area contributed by atoms with E-state index in [1.54, 1.807) is 18.0 Å². The van der Waals surface area contributed by atoms with Gasteiger partial charge < -0.3 is 9.64 Å². The Morgan fingerprint density at radius 2 is 1.69 bits per heavy atom. The Hall–Kier alpha value is -3.90. The van der Waals surface area contributed by atoms with Crippen molar-refractivity contribution >= 4 is 5.91 Å². The average Bonchev–Trinajstić information content (AvgIpc) is 3.55. The Morgan fingerprint density at radius 3 is 2.36 bits per heavy atom. The molecule has 1 aliphatic rings. The lowest BCUT2D eigenvalue weighted by molar-refractivity contribution is 0.0632. The largest absolute Gasteiger partial charge is 0.496 e. The van der Waals surface area contributed by atoms with E-state index in [1.165, 1.54) is 5.56 Å². The fraction of sp³-hybridized carbons (Fsp3) is 0.333. The standard InChI is InChI=1S/C33H38N4O2/c1-33(2,3)26-16-18-29(39-5)25(20-26)21-34-30-19-17-28(23-12-8-6-9-13-23)37(30)32(38)27-22-35-36(4)31(27)24-14-10-7-11-15-24/h6-16,18,20,22,28,30,34H,17,19,21H2,1-5H3. The molecule has 6 nitrogen and oxygen atoms in total. The van der Waals surface area contributed by atoms with E-state index < -0.39 is 0 Å². The van der Waals surface area contributed by atoms with E-state index in [0.29, 0.717) is 12.1 Å². The number of nitrogens with one attached hydrogen (secondary N) is 1. The molecule has 2 unspecified atom stereocenters. The maximum atomic E-state index is 14.4. The van der Waals surface area contributed by atoms with E-state index in [9.17, 15) is 4.79 Å². The van der Waals surface area contributed by atoms with Crippen molar-refractivity contribution in [2.75, 3.05) is 7.11 Å². The monoisotopic (exact) mass is 522 g/mol. The summed E-state index contributed by atoms with van der Waals surface area (Å²) in [6.45, 7) is 7.24. The zero-order valence-electron chi connectivity index (χ0n) is 23.5. The van der Waals surface area contributed by atoms with Crippen LogP contribution in [0.1, 0.15) is 66.7 Å². The highest BCUT2D eigenvalue weighted by Gasteiger charge is 2.39. The Labute approximate surface area is 231 Å². The van der Waals surface area contributed by atoms with Crippen LogP contribution in [0.3, 0.4) is 0 Å². The van der Waals surface area contributed by atoms with E-state index in [4.69, 9.17) is 4.74 Å². The number of benzene rings is 3. The molecule has 1 fully saturated rings. The molecule has 5 rings (SSSR count). The van der Waals surface area contributed by atoms with Gasteiger partial charge in [0.2, 0.25) is 0 Å². The average molecular weight is 523 g/mol. The molecule has 0 spiro atoms. The first-order valence-electron chi connectivity index (χ1n) is 13.6. The molecule has 2 heterocycles. The first-order valence-corrected chi connectivity index (χ1v) is 13.6. The number of ether oxygens (including phenoxy) is 1. The maximum absolute atomic E-state index is 14.4. The molecule has 39 heavy (non-hydrogen) atoms. The van der Waals surface area contributed by atoms with E-state index in [1.807, 2.05) is 66.5 Å². The molecule has 0 saturated carbocycles.